The van der Waals surface area contributed by atoms with E-state index in [1.54, 1.807) is 0 Å². The molecule has 0 saturated heterocycles. The summed E-state index contributed by atoms with van der Waals surface area (Å²) < 4.78 is 18.0. The number of carbonyl (C=O) groups excluding carboxylic acids is 1. The van der Waals surface area contributed by atoms with Gasteiger partial charge in [-0.05, 0) is 42.5 Å². The molecule has 4 heteroatoms. The monoisotopic (exact) mass is 223 g/mol. The van der Waals surface area contributed by atoms with Crippen molar-refractivity contribution in [3.05, 3.63) is 34.6 Å². The van der Waals surface area contributed by atoms with Crippen LogP contribution >= 0.6 is 0 Å². The molecule has 1 aromatic carbocycles. The van der Waals surface area contributed by atoms with Gasteiger partial charge in [0.1, 0.15) is 5.82 Å². The zero-order valence-corrected chi connectivity index (χ0v) is 9.13. The lowest BCUT2D eigenvalue weighted by atomic mass is 9.85. The molecule has 86 valence electrons. The Balaban J connectivity index is 2.57. The summed E-state index contributed by atoms with van der Waals surface area (Å²) >= 11 is 0. The summed E-state index contributed by atoms with van der Waals surface area (Å²) in [6.45, 7) is 0. The molecule has 0 radical (unpaired) electrons. The smallest absolute Gasteiger partial charge is 0.338 e. The van der Waals surface area contributed by atoms with E-state index < -0.39 is 11.8 Å². The second-order valence-electron chi connectivity index (χ2n) is 4.01. The van der Waals surface area contributed by atoms with Gasteiger partial charge in [-0.15, -0.1) is 0 Å². The Hall–Kier alpha value is -1.42. The van der Waals surface area contributed by atoms with E-state index in [0.29, 0.717) is 5.56 Å². The number of carbonyl (C=O) groups is 1. The molecule has 0 fully saturated rings. The third-order valence-electron chi connectivity index (χ3n) is 3.00. The molecule has 0 amide bonds. The van der Waals surface area contributed by atoms with Crippen LogP contribution in [0.25, 0.3) is 0 Å². The molecule has 2 rings (SSSR count). The molecule has 0 unspecified atom stereocenters. The van der Waals surface area contributed by atoms with E-state index in [1.165, 1.54) is 19.2 Å². The molecule has 0 bridgehead atoms. The van der Waals surface area contributed by atoms with Crippen molar-refractivity contribution >= 4 is 5.97 Å². The first kappa shape index (κ1) is 11.1. The fourth-order valence-corrected chi connectivity index (χ4v) is 2.21. The molecule has 2 N–H and O–H groups in total. The van der Waals surface area contributed by atoms with E-state index in [-0.39, 0.29) is 6.04 Å². The van der Waals surface area contributed by atoms with Gasteiger partial charge in [-0.25, -0.2) is 9.18 Å². The standard InChI is InChI=1S/C12H14FNO2/c1-16-12(15)10-6-7(13)5-9-8(10)3-2-4-11(9)14/h5-6,11H,2-4,14H2,1H3/t11-/m0/s1. The first-order chi connectivity index (χ1) is 7.63. The van der Waals surface area contributed by atoms with Crippen molar-refractivity contribution in [3.8, 4) is 0 Å². The average molecular weight is 223 g/mol. The van der Waals surface area contributed by atoms with Crippen molar-refractivity contribution in [2.24, 2.45) is 5.73 Å². The van der Waals surface area contributed by atoms with Gasteiger partial charge in [0.05, 0.1) is 12.7 Å². The second kappa shape index (κ2) is 4.22. The summed E-state index contributed by atoms with van der Waals surface area (Å²) in [6, 6.07) is 2.47. The zero-order chi connectivity index (χ0) is 11.7. The van der Waals surface area contributed by atoms with Crippen LogP contribution in [0.15, 0.2) is 12.1 Å². The lowest BCUT2D eigenvalue weighted by Crippen LogP contribution is -2.21. The van der Waals surface area contributed by atoms with Gasteiger partial charge in [-0.3, -0.25) is 0 Å². The molecule has 1 aliphatic rings. The van der Waals surface area contributed by atoms with Crippen molar-refractivity contribution < 1.29 is 13.9 Å². The van der Waals surface area contributed by atoms with Crippen molar-refractivity contribution in [2.45, 2.75) is 25.3 Å². The average Bonchev–Trinajstić information content (AvgIpc) is 2.28. The van der Waals surface area contributed by atoms with E-state index in [1.807, 2.05) is 0 Å². The number of hydrogen-bond donors (Lipinski definition) is 1. The maximum atomic E-state index is 13.4. The van der Waals surface area contributed by atoms with Gasteiger partial charge >= 0.3 is 5.97 Å². The third-order valence-corrected chi connectivity index (χ3v) is 3.00. The number of benzene rings is 1. The first-order valence-corrected chi connectivity index (χ1v) is 5.29. The minimum atomic E-state index is -0.496. The molecule has 1 aromatic rings. The Bertz CT molecular complexity index is 431. The minimum absolute atomic E-state index is 0.178. The summed E-state index contributed by atoms with van der Waals surface area (Å²) in [7, 11) is 1.29. The van der Waals surface area contributed by atoms with E-state index in [9.17, 15) is 9.18 Å². The highest BCUT2D eigenvalue weighted by Gasteiger charge is 2.23. The van der Waals surface area contributed by atoms with Crippen LogP contribution in [0, 0.1) is 5.82 Å². The number of halogens is 1. The molecule has 0 aliphatic heterocycles. The van der Waals surface area contributed by atoms with Crippen LogP contribution in [-0.4, -0.2) is 13.1 Å². The molecule has 3 nitrogen and oxygen atoms in total. The number of rotatable bonds is 1. The van der Waals surface area contributed by atoms with Crippen LogP contribution in [0.4, 0.5) is 4.39 Å². The van der Waals surface area contributed by atoms with Gasteiger partial charge in [-0.1, -0.05) is 0 Å². The molecule has 0 saturated carbocycles. The zero-order valence-electron chi connectivity index (χ0n) is 9.13. The van der Waals surface area contributed by atoms with Gasteiger partial charge in [-0.2, -0.15) is 0 Å². The van der Waals surface area contributed by atoms with Crippen molar-refractivity contribution in [3.63, 3.8) is 0 Å². The van der Waals surface area contributed by atoms with E-state index in [4.69, 9.17) is 5.73 Å². The maximum Gasteiger partial charge on any atom is 0.338 e. The highest BCUT2D eigenvalue weighted by atomic mass is 19.1. The van der Waals surface area contributed by atoms with Crippen molar-refractivity contribution in [2.75, 3.05) is 7.11 Å². The van der Waals surface area contributed by atoms with Crippen LogP contribution in [0.1, 0.15) is 40.4 Å². The van der Waals surface area contributed by atoms with Crippen LogP contribution in [0.3, 0.4) is 0 Å². The SMILES string of the molecule is COC(=O)c1cc(F)cc2c1CCC[C@@H]2N. The van der Waals surface area contributed by atoms with Crippen molar-refractivity contribution in [1.82, 2.24) is 0 Å². The van der Waals surface area contributed by atoms with E-state index >= 15 is 0 Å². The second-order valence-corrected chi connectivity index (χ2v) is 4.01. The van der Waals surface area contributed by atoms with Crippen LogP contribution in [0.5, 0.6) is 0 Å². The summed E-state index contributed by atoms with van der Waals surface area (Å²) in [6.07, 6.45) is 2.51. The third kappa shape index (κ3) is 1.80. The van der Waals surface area contributed by atoms with Crippen molar-refractivity contribution in [1.29, 1.82) is 0 Å². The number of methoxy groups -OCH3 is 1. The number of hydrogen-bond acceptors (Lipinski definition) is 3. The topological polar surface area (TPSA) is 52.3 Å². The molecule has 0 aromatic heterocycles. The minimum Gasteiger partial charge on any atom is -0.465 e. The van der Waals surface area contributed by atoms with Crippen LogP contribution in [-0.2, 0) is 11.2 Å². The lowest BCUT2D eigenvalue weighted by Gasteiger charge is -2.24. The quantitative estimate of drug-likeness (QED) is 0.740. The lowest BCUT2D eigenvalue weighted by molar-refractivity contribution is 0.0598. The molecule has 16 heavy (non-hydrogen) atoms. The fourth-order valence-electron chi connectivity index (χ4n) is 2.21. The van der Waals surface area contributed by atoms with Gasteiger partial charge in [0.2, 0.25) is 0 Å². The molecule has 0 heterocycles. The fraction of sp³-hybridized carbons (Fsp3) is 0.417. The predicted molar refractivity (Wildman–Crippen MR) is 57.6 cm³/mol. The summed E-state index contributed by atoms with van der Waals surface area (Å²) in [5.41, 5.74) is 7.80. The molecule has 1 atom stereocenters. The van der Waals surface area contributed by atoms with Crippen LogP contribution < -0.4 is 5.73 Å². The number of ether oxygens (including phenoxy) is 1. The Morgan fingerprint density at radius 1 is 1.56 bits per heavy atom. The van der Waals surface area contributed by atoms with Gasteiger partial charge in [0.25, 0.3) is 0 Å². The predicted octanol–water partition coefficient (Wildman–Crippen LogP) is 1.95. The Kier molecular flexibility index (Phi) is 2.92. The van der Waals surface area contributed by atoms with Crippen LogP contribution in [0.2, 0.25) is 0 Å². The largest absolute Gasteiger partial charge is 0.465 e. The van der Waals surface area contributed by atoms with Gasteiger partial charge in [0, 0.05) is 6.04 Å². The Morgan fingerprint density at radius 2 is 2.31 bits per heavy atom. The molecular weight excluding hydrogens is 209 g/mol. The Labute approximate surface area is 93.4 Å². The van der Waals surface area contributed by atoms with E-state index in [0.717, 1.165) is 30.4 Å². The molecular formula is C12H14FNO2. The maximum absolute atomic E-state index is 13.4. The first-order valence-electron chi connectivity index (χ1n) is 5.29. The highest BCUT2D eigenvalue weighted by molar-refractivity contribution is 5.91. The number of nitrogens with two attached hydrogens (primary N) is 1. The number of esters is 1. The highest BCUT2D eigenvalue weighted by Crippen LogP contribution is 2.31. The van der Waals surface area contributed by atoms with E-state index in [2.05, 4.69) is 4.74 Å². The molecule has 1 aliphatic carbocycles. The normalized spacial score (nSPS) is 19.1. The summed E-state index contributed by atoms with van der Waals surface area (Å²) in [5, 5.41) is 0. The summed E-state index contributed by atoms with van der Waals surface area (Å²) in [4.78, 5) is 11.5. The summed E-state index contributed by atoms with van der Waals surface area (Å²) in [5.74, 6) is -0.929. The Morgan fingerprint density at radius 3 is 3.00 bits per heavy atom. The van der Waals surface area contributed by atoms with Gasteiger partial charge in [0.15, 0.2) is 0 Å². The number of fused-ring (bicyclic) bond motifs is 1. The van der Waals surface area contributed by atoms with Gasteiger partial charge < -0.3 is 10.5 Å². The molecule has 0 spiro atoms.